The van der Waals surface area contributed by atoms with E-state index >= 15 is 0 Å². The van der Waals surface area contributed by atoms with Crippen LogP contribution in [0.4, 0.5) is 68.2 Å². The van der Waals surface area contributed by atoms with Crippen LogP contribution in [0, 0.1) is 0 Å². The summed E-state index contributed by atoms with van der Waals surface area (Å²) in [5, 5.41) is 16.4. The van der Waals surface area contributed by atoms with Crippen molar-refractivity contribution in [1.29, 1.82) is 0 Å². The summed E-state index contributed by atoms with van der Waals surface area (Å²) in [4.78, 5) is 9.66. The van der Waals surface area contributed by atoms with Crippen LogP contribution in [0.15, 0.2) is 413 Å². The van der Waals surface area contributed by atoms with Crippen molar-refractivity contribution in [2.45, 2.75) is 0 Å². The molecule has 0 saturated carbocycles. The molecule has 0 saturated heterocycles. The quantitative estimate of drug-likeness (QED) is 0.0949. The maximum Gasteiger partial charge on any atom is 0.0540 e. The SMILES string of the molecule is c1ccc(-c2cc(-c3ccc(N(c4ccccc4)c4cccc5ccccc45)cc3)c3c4ccc(N(c5ccccc5)c5ccc6ccccc6c5)cc4c4cc(N(c5ccccc5)c5ccc6ccccc6c5)ccc4c3c2-c2ccc(N(c3ccccc3)c3cccc4ccccc34)cc2)cc1. The summed E-state index contributed by atoms with van der Waals surface area (Å²) in [7, 11) is 0. The van der Waals surface area contributed by atoms with Gasteiger partial charge in [0.2, 0.25) is 0 Å². The number of nitrogens with zero attached hydrogens (tertiary/aromatic N) is 4. The Hall–Kier alpha value is -13.8. The molecule has 0 amide bonds. The molecule has 0 bridgehead atoms. The van der Waals surface area contributed by atoms with Gasteiger partial charge in [0.15, 0.2) is 0 Å². The Balaban J connectivity index is 0.918. The molecular weight excluding hydrogens is 1260 g/mol. The lowest BCUT2D eigenvalue weighted by Crippen LogP contribution is -2.10. The zero-order chi connectivity index (χ0) is 68.9. The molecule has 0 aliphatic heterocycles. The van der Waals surface area contributed by atoms with E-state index in [2.05, 4.69) is 432 Å². The second-order valence-corrected chi connectivity index (χ2v) is 26.8. The van der Waals surface area contributed by atoms with Gasteiger partial charge < -0.3 is 19.6 Å². The molecule has 4 nitrogen and oxygen atoms in total. The van der Waals surface area contributed by atoms with Crippen molar-refractivity contribution < 1.29 is 0 Å². The molecule has 0 radical (unpaired) electrons. The van der Waals surface area contributed by atoms with Crippen molar-refractivity contribution in [3.05, 3.63) is 413 Å². The predicted octanol–water partition coefficient (Wildman–Crippen LogP) is 28.6. The number of rotatable bonds is 15. The van der Waals surface area contributed by atoms with Crippen LogP contribution in [0.2, 0.25) is 0 Å². The maximum absolute atomic E-state index is 2.50. The Morgan fingerprint density at radius 2 is 0.462 bits per heavy atom. The molecule has 19 aromatic rings. The zero-order valence-corrected chi connectivity index (χ0v) is 57.0. The average Bonchev–Trinajstić information content (AvgIpc) is 0.704. The third kappa shape index (κ3) is 11.1. The molecule has 0 aliphatic carbocycles. The van der Waals surface area contributed by atoms with Gasteiger partial charge in [-0.1, -0.05) is 273 Å². The van der Waals surface area contributed by atoms with Gasteiger partial charge in [-0.3, -0.25) is 0 Å². The van der Waals surface area contributed by atoms with Crippen LogP contribution < -0.4 is 19.6 Å². The van der Waals surface area contributed by atoms with E-state index in [4.69, 9.17) is 0 Å². The molecule has 0 spiro atoms. The lowest BCUT2D eigenvalue weighted by Gasteiger charge is -2.29. The topological polar surface area (TPSA) is 13.0 Å². The summed E-state index contributed by atoms with van der Waals surface area (Å²) >= 11 is 0. The lowest BCUT2D eigenvalue weighted by atomic mass is 9.81. The lowest BCUT2D eigenvalue weighted by molar-refractivity contribution is 1.29. The Morgan fingerprint density at radius 3 is 0.913 bits per heavy atom. The van der Waals surface area contributed by atoms with Crippen molar-refractivity contribution in [1.82, 2.24) is 0 Å². The first-order chi connectivity index (χ1) is 51.6. The van der Waals surface area contributed by atoms with Gasteiger partial charge in [-0.15, -0.1) is 0 Å². The van der Waals surface area contributed by atoms with Crippen molar-refractivity contribution in [3.8, 4) is 33.4 Å². The third-order valence-electron chi connectivity index (χ3n) is 20.7. The number of hydrogen-bond donors (Lipinski definition) is 0. The summed E-state index contributed by atoms with van der Waals surface area (Å²) < 4.78 is 0. The smallest absolute Gasteiger partial charge is 0.0540 e. The van der Waals surface area contributed by atoms with Crippen LogP contribution in [0.1, 0.15) is 0 Å². The van der Waals surface area contributed by atoms with E-state index in [1.54, 1.807) is 0 Å². The zero-order valence-electron chi connectivity index (χ0n) is 57.0. The minimum atomic E-state index is 1.05. The van der Waals surface area contributed by atoms with E-state index in [-0.39, 0.29) is 0 Å². The van der Waals surface area contributed by atoms with Crippen molar-refractivity contribution in [3.63, 3.8) is 0 Å². The molecule has 0 aliphatic rings. The fourth-order valence-corrected chi connectivity index (χ4v) is 15.9. The van der Waals surface area contributed by atoms with E-state index in [0.29, 0.717) is 0 Å². The number of benzene rings is 19. The molecule has 0 aromatic heterocycles. The molecule has 104 heavy (non-hydrogen) atoms. The van der Waals surface area contributed by atoms with Gasteiger partial charge in [0, 0.05) is 67.6 Å². The normalized spacial score (nSPS) is 11.5. The number of fused-ring (bicyclic) bond motifs is 10. The first-order valence-corrected chi connectivity index (χ1v) is 35.7. The number of para-hydroxylation sites is 4. The first-order valence-electron chi connectivity index (χ1n) is 35.7. The molecule has 488 valence electrons. The van der Waals surface area contributed by atoms with Gasteiger partial charge in [-0.05, 0) is 238 Å². The standard InChI is InChI=1S/C100H68N4/c1-6-28-73(29-7-1)92-68-93(74-50-54-82(55-51-74)103(80-40-12-4-13-41-80)96-46-24-34-71-30-20-22-44-88(71)96)99-90-62-60-86(101(78-36-8-2-9-37-78)84-58-48-69-26-16-18-32-76(69)64-84)66-94(90)95-67-87(102(79-38-10-3-11-39-79)85-59-49-70-27-17-19-33-77(70)65-85)61-63-91(95)100(99)98(92)75-52-56-83(57-53-75)104(81-42-14-5-15-43-81)97-47-25-35-72-31-21-23-45-89(72)97/h1-68H. The molecule has 0 heterocycles. The Morgan fingerprint density at radius 1 is 0.144 bits per heavy atom. The molecule has 0 fully saturated rings. The van der Waals surface area contributed by atoms with Gasteiger partial charge >= 0.3 is 0 Å². The number of anilines is 12. The Bertz CT molecular complexity index is 6390. The van der Waals surface area contributed by atoms with E-state index in [1.165, 1.54) is 53.9 Å². The minimum Gasteiger partial charge on any atom is -0.310 e. The van der Waals surface area contributed by atoms with Gasteiger partial charge in [0.05, 0.1) is 11.4 Å². The second-order valence-electron chi connectivity index (χ2n) is 26.8. The van der Waals surface area contributed by atoms with Crippen LogP contribution >= 0.6 is 0 Å². The Labute approximate surface area is 605 Å². The number of hydrogen-bond acceptors (Lipinski definition) is 4. The summed E-state index contributed by atoms with van der Waals surface area (Å²) in [5.74, 6) is 0. The fraction of sp³-hybridized carbons (Fsp3) is 0. The van der Waals surface area contributed by atoms with Crippen LogP contribution in [0.25, 0.3) is 109 Å². The van der Waals surface area contributed by atoms with Crippen LogP contribution in [0.5, 0.6) is 0 Å². The molecule has 19 aromatic carbocycles. The molecular formula is C100H68N4. The summed E-state index contributed by atoms with van der Waals surface area (Å²) in [6.07, 6.45) is 0. The van der Waals surface area contributed by atoms with Crippen molar-refractivity contribution >= 4 is 144 Å². The highest BCUT2D eigenvalue weighted by atomic mass is 15.2. The third-order valence-corrected chi connectivity index (χ3v) is 20.7. The monoisotopic (exact) mass is 1320 g/mol. The minimum absolute atomic E-state index is 1.05. The van der Waals surface area contributed by atoms with Crippen LogP contribution in [-0.2, 0) is 0 Å². The van der Waals surface area contributed by atoms with Crippen LogP contribution in [-0.4, -0.2) is 0 Å². The molecule has 0 atom stereocenters. The van der Waals surface area contributed by atoms with E-state index in [1.807, 2.05) is 0 Å². The van der Waals surface area contributed by atoms with Gasteiger partial charge in [-0.25, -0.2) is 0 Å². The highest BCUT2D eigenvalue weighted by Crippen LogP contribution is 2.53. The Kier molecular flexibility index (Phi) is 15.5. The van der Waals surface area contributed by atoms with Crippen molar-refractivity contribution in [2.75, 3.05) is 19.6 Å². The summed E-state index contributed by atoms with van der Waals surface area (Å²) in [6.45, 7) is 0. The summed E-state index contributed by atoms with van der Waals surface area (Å²) in [6, 6.07) is 152. The maximum atomic E-state index is 2.50. The van der Waals surface area contributed by atoms with E-state index < -0.39 is 0 Å². The van der Waals surface area contributed by atoms with Crippen molar-refractivity contribution in [2.24, 2.45) is 0 Å². The largest absolute Gasteiger partial charge is 0.310 e. The first kappa shape index (κ1) is 61.3. The fourth-order valence-electron chi connectivity index (χ4n) is 15.9. The molecule has 4 heteroatoms. The van der Waals surface area contributed by atoms with Gasteiger partial charge in [0.1, 0.15) is 0 Å². The predicted molar refractivity (Wildman–Crippen MR) is 444 cm³/mol. The van der Waals surface area contributed by atoms with E-state index in [9.17, 15) is 0 Å². The summed E-state index contributed by atoms with van der Waals surface area (Å²) in [5.41, 5.74) is 19.6. The van der Waals surface area contributed by atoms with Crippen LogP contribution in [0.3, 0.4) is 0 Å². The van der Waals surface area contributed by atoms with E-state index in [0.717, 1.165) is 123 Å². The highest BCUT2D eigenvalue weighted by molar-refractivity contribution is 6.34. The molecule has 0 unspecified atom stereocenters. The van der Waals surface area contributed by atoms with Gasteiger partial charge in [-0.2, -0.15) is 0 Å². The molecule has 19 rings (SSSR count). The molecule has 0 N–H and O–H groups in total. The highest BCUT2D eigenvalue weighted by Gasteiger charge is 2.27. The second kappa shape index (κ2) is 26.4. The average molecular weight is 1330 g/mol. The van der Waals surface area contributed by atoms with Gasteiger partial charge in [0.25, 0.3) is 0 Å².